The number of ether oxygens (including phenoxy) is 1. The molecule has 3 aliphatic carbocycles. The van der Waals surface area contributed by atoms with Crippen molar-refractivity contribution in [2.45, 2.75) is 19.4 Å². The molecule has 2 fully saturated rings. The summed E-state index contributed by atoms with van der Waals surface area (Å²) in [6.07, 6.45) is 7.67. The Bertz CT molecular complexity index is 1080. The normalized spacial score (nSPS) is 26.7. The fourth-order valence-corrected chi connectivity index (χ4v) is 5.24. The highest BCUT2D eigenvalue weighted by molar-refractivity contribution is 6.35. The first kappa shape index (κ1) is 20.3. The van der Waals surface area contributed by atoms with Crippen molar-refractivity contribution in [1.29, 1.82) is 0 Å². The maximum absolute atomic E-state index is 12.9. The third kappa shape index (κ3) is 3.77. The van der Waals surface area contributed by atoms with Crippen LogP contribution in [0.3, 0.4) is 0 Å². The van der Waals surface area contributed by atoms with Crippen LogP contribution in [0.5, 0.6) is 5.75 Å². The number of hydrogen-bond donors (Lipinski definition) is 0. The van der Waals surface area contributed by atoms with E-state index in [2.05, 4.69) is 17.3 Å². The minimum absolute atomic E-state index is 0.156. The van der Waals surface area contributed by atoms with E-state index in [1.807, 2.05) is 24.3 Å². The fraction of sp³-hybridized carbons (Fsp3) is 0.292. The molecule has 31 heavy (non-hydrogen) atoms. The van der Waals surface area contributed by atoms with Gasteiger partial charge in [0.1, 0.15) is 12.4 Å². The molecule has 0 spiro atoms. The lowest BCUT2D eigenvalue weighted by atomic mass is 9.63. The molecule has 0 unspecified atom stereocenters. The minimum Gasteiger partial charge on any atom is -0.489 e. The van der Waals surface area contributed by atoms with Crippen LogP contribution in [0.4, 0.5) is 0 Å². The molecule has 4 aliphatic rings. The van der Waals surface area contributed by atoms with Crippen molar-refractivity contribution < 1.29 is 14.3 Å². The highest BCUT2D eigenvalue weighted by Crippen LogP contribution is 2.49. The Morgan fingerprint density at radius 1 is 1.00 bits per heavy atom. The monoisotopic (exact) mass is 454 g/mol. The van der Waals surface area contributed by atoms with Gasteiger partial charge in [0.25, 0.3) is 11.8 Å². The Morgan fingerprint density at radius 3 is 2.35 bits per heavy atom. The molecule has 0 aromatic heterocycles. The molecular formula is C24H20Cl2N2O3. The van der Waals surface area contributed by atoms with Crippen molar-refractivity contribution in [3.8, 4) is 5.75 Å². The minimum atomic E-state index is -0.257. The van der Waals surface area contributed by atoms with Crippen molar-refractivity contribution in [2.75, 3.05) is 0 Å². The van der Waals surface area contributed by atoms with Crippen molar-refractivity contribution in [2.24, 2.45) is 28.8 Å². The van der Waals surface area contributed by atoms with Crippen LogP contribution < -0.4 is 4.74 Å². The number of hydrazone groups is 1. The topological polar surface area (TPSA) is 59.0 Å². The highest BCUT2D eigenvalue weighted by atomic mass is 35.5. The zero-order valence-corrected chi connectivity index (χ0v) is 18.1. The molecule has 0 N–H and O–H groups in total. The first-order valence-electron chi connectivity index (χ1n) is 10.3. The lowest BCUT2D eigenvalue weighted by Gasteiger charge is -2.37. The Kier molecular flexibility index (Phi) is 5.32. The van der Waals surface area contributed by atoms with Crippen LogP contribution in [0.1, 0.15) is 24.0 Å². The number of hydrogen-bond acceptors (Lipinski definition) is 4. The van der Waals surface area contributed by atoms with Crippen LogP contribution in [0.2, 0.25) is 10.0 Å². The number of rotatable bonds is 5. The summed E-state index contributed by atoms with van der Waals surface area (Å²) in [5.74, 6) is 0.0562. The molecule has 4 atom stereocenters. The summed E-state index contributed by atoms with van der Waals surface area (Å²) in [5, 5.41) is 6.43. The largest absolute Gasteiger partial charge is 0.489 e. The van der Waals surface area contributed by atoms with Gasteiger partial charge in [0.15, 0.2) is 0 Å². The second-order valence-electron chi connectivity index (χ2n) is 8.17. The van der Waals surface area contributed by atoms with E-state index in [1.165, 1.54) is 6.21 Å². The summed E-state index contributed by atoms with van der Waals surface area (Å²) >= 11 is 12.1. The van der Waals surface area contributed by atoms with E-state index in [9.17, 15) is 9.59 Å². The predicted octanol–water partition coefficient (Wildman–Crippen LogP) is 5.10. The molecule has 2 bridgehead atoms. The van der Waals surface area contributed by atoms with Crippen LogP contribution in [-0.2, 0) is 16.2 Å². The second-order valence-corrected chi connectivity index (χ2v) is 9.01. The zero-order valence-electron chi connectivity index (χ0n) is 16.6. The van der Waals surface area contributed by atoms with Crippen LogP contribution in [0.15, 0.2) is 59.7 Å². The van der Waals surface area contributed by atoms with Gasteiger partial charge in [-0.2, -0.15) is 10.1 Å². The van der Waals surface area contributed by atoms with Gasteiger partial charge in [-0.3, -0.25) is 9.59 Å². The van der Waals surface area contributed by atoms with Crippen molar-refractivity contribution in [3.63, 3.8) is 0 Å². The predicted molar refractivity (Wildman–Crippen MR) is 119 cm³/mol. The fourth-order valence-electron chi connectivity index (χ4n) is 4.78. The Morgan fingerprint density at radius 2 is 1.71 bits per heavy atom. The number of carbonyl (C=O) groups is 2. The summed E-state index contributed by atoms with van der Waals surface area (Å²) in [6.45, 7) is 0.291. The summed E-state index contributed by atoms with van der Waals surface area (Å²) in [6, 6.07) is 12.6. The number of nitrogens with zero attached hydrogens (tertiary/aromatic N) is 2. The first-order valence-corrected chi connectivity index (χ1v) is 11.0. The molecule has 6 rings (SSSR count). The van der Waals surface area contributed by atoms with Gasteiger partial charge in [0.05, 0.1) is 18.1 Å². The Hall–Kier alpha value is -2.63. The molecule has 1 aliphatic heterocycles. The van der Waals surface area contributed by atoms with Gasteiger partial charge in [0.2, 0.25) is 0 Å². The average molecular weight is 455 g/mol. The zero-order chi connectivity index (χ0) is 21.5. The highest BCUT2D eigenvalue weighted by Gasteiger charge is 2.56. The van der Waals surface area contributed by atoms with Gasteiger partial charge in [-0.15, -0.1) is 0 Å². The molecule has 5 nitrogen and oxygen atoms in total. The number of allylic oxidation sites excluding steroid dienone is 2. The third-order valence-electron chi connectivity index (χ3n) is 6.33. The van der Waals surface area contributed by atoms with Gasteiger partial charge in [-0.1, -0.05) is 53.6 Å². The van der Waals surface area contributed by atoms with E-state index >= 15 is 0 Å². The number of fused-ring (bicyclic) bond motifs is 1. The van der Waals surface area contributed by atoms with E-state index in [-0.39, 0.29) is 35.5 Å². The van der Waals surface area contributed by atoms with Crippen molar-refractivity contribution >= 4 is 41.2 Å². The van der Waals surface area contributed by atoms with Crippen LogP contribution in [-0.4, -0.2) is 23.0 Å². The first-order chi connectivity index (χ1) is 15.0. The van der Waals surface area contributed by atoms with Crippen LogP contribution >= 0.6 is 23.2 Å². The van der Waals surface area contributed by atoms with Crippen LogP contribution in [0, 0.1) is 23.7 Å². The maximum Gasteiger partial charge on any atom is 0.254 e. The third-order valence-corrected chi connectivity index (χ3v) is 6.91. The second kappa shape index (κ2) is 8.13. The Balaban J connectivity index is 1.28. The molecule has 2 aromatic rings. The van der Waals surface area contributed by atoms with E-state index in [0.29, 0.717) is 22.4 Å². The van der Waals surface area contributed by atoms with Gasteiger partial charge in [0, 0.05) is 15.6 Å². The molecule has 2 amide bonds. The smallest absolute Gasteiger partial charge is 0.254 e. The molecule has 7 heteroatoms. The quantitative estimate of drug-likeness (QED) is 0.358. The molecular weight excluding hydrogens is 435 g/mol. The molecule has 0 radical (unpaired) electrons. The molecule has 1 saturated carbocycles. The van der Waals surface area contributed by atoms with Crippen molar-refractivity contribution in [1.82, 2.24) is 5.01 Å². The lowest BCUT2D eigenvalue weighted by Crippen LogP contribution is -2.38. The molecule has 1 heterocycles. The summed E-state index contributed by atoms with van der Waals surface area (Å²) < 4.78 is 5.84. The number of imide groups is 1. The van der Waals surface area contributed by atoms with E-state index in [1.54, 1.807) is 18.2 Å². The summed E-state index contributed by atoms with van der Waals surface area (Å²) in [7, 11) is 0. The molecule has 158 valence electrons. The molecule has 1 saturated heterocycles. The summed E-state index contributed by atoms with van der Waals surface area (Å²) in [5.41, 5.74) is 1.56. The SMILES string of the molecule is O=C1[C@@H]2[C@@H](C(=O)N1/N=C\c1cccc(OCc3ccc(Cl)cc3Cl)c1)[C@H]1C=C[C@H]2CC1. The van der Waals surface area contributed by atoms with E-state index < -0.39 is 0 Å². The average Bonchev–Trinajstić information content (AvgIpc) is 3.05. The van der Waals surface area contributed by atoms with Gasteiger partial charge in [-0.25, -0.2) is 0 Å². The number of amides is 2. The van der Waals surface area contributed by atoms with Crippen molar-refractivity contribution in [3.05, 3.63) is 75.8 Å². The van der Waals surface area contributed by atoms with E-state index in [4.69, 9.17) is 27.9 Å². The van der Waals surface area contributed by atoms with E-state index in [0.717, 1.165) is 29.0 Å². The number of halogens is 2. The maximum atomic E-state index is 12.9. The number of carbonyl (C=O) groups excluding carboxylic acids is 2. The standard InChI is InChI=1S/C24H20Cl2N2O3/c25-18-9-8-17(20(26)11-18)13-31-19-3-1-2-14(10-19)12-27-28-23(29)21-15-4-5-16(7-6-15)22(21)24(28)30/h1-5,8-12,15-16,21-22H,6-7,13H2/b27-12-/t15-,16-,21-,22-/m0/s1. The van der Waals surface area contributed by atoms with Gasteiger partial charge >= 0.3 is 0 Å². The Labute approximate surface area is 190 Å². The lowest BCUT2D eigenvalue weighted by molar-refractivity contribution is -0.140. The van der Waals surface area contributed by atoms with Gasteiger partial charge < -0.3 is 4.74 Å². The number of benzene rings is 2. The summed E-state index contributed by atoms with van der Waals surface area (Å²) in [4.78, 5) is 25.7. The molecule has 2 aromatic carbocycles. The van der Waals surface area contributed by atoms with Crippen LogP contribution in [0.25, 0.3) is 0 Å². The van der Waals surface area contributed by atoms with Gasteiger partial charge in [-0.05, 0) is 54.5 Å².